The number of aliphatic hydroxyl groups is 1. The zero-order valence-electron chi connectivity index (χ0n) is 10.2. The molecule has 3 atom stereocenters. The maximum absolute atomic E-state index is 11.5. The molecule has 0 saturated heterocycles. The predicted molar refractivity (Wildman–Crippen MR) is 65.3 cm³/mol. The number of carbonyl (C=O) groups is 2. The Morgan fingerprint density at radius 1 is 1.32 bits per heavy atom. The van der Waals surface area contributed by atoms with Crippen molar-refractivity contribution in [3.63, 3.8) is 0 Å². The Morgan fingerprint density at radius 2 is 2.00 bits per heavy atom. The van der Waals surface area contributed by atoms with Gasteiger partial charge in [0.05, 0.1) is 18.1 Å². The topological polar surface area (TPSA) is 95.9 Å². The van der Waals surface area contributed by atoms with E-state index in [1.54, 1.807) is 0 Å². The van der Waals surface area contributed by atoms with Gasteiger partial charge >= 0.3 is 12.1 Å². The monoisotopic (exact) mass is 265 g/mol. The van der Waals surface area contributed by atoms with Gasteiger partial charge in [-0.3, -0.25) is 4.79 Å². The molecule has 2 rings (SSSR count). The van der Waals surface area contributed by atoms with Gasteiger partial charge in [0.15, 0.2) is 0 Å². The number of hydrogen-bond acceptors (Lipinski definition) is 4. The largest absolute Gasteiger partial charge is 0.481 e. The molecule has 1 saturated carbocycles. The van der Waals surface area contributed by atoms with Crippen molar-refractivity contribution in [3.05, 3.63) is 35.9 Å². The molecule has 1 aliphatic carbocycles. The van der Waals surface area contributed by atoms with Crippen LogP contribution >= 0.6 is 0 Å². The van der Waals surface area contributed by atoms with Crippen molar-refractivity contribution in [2.24, 2.45) is 5.92 Å². The number of benzene rings is 1. The zero-order chi connectivity index (χ0) is 13.8. The van der Waals surface area contributed by atoms with Gasteiger partial charge in [-0.2, -0.15) is 0 Å². The molecule has 6 heteroatoms. The van der Waals surface area contributed by atoms with Crippen LogP contribution in [0.4, 0.5) is 4.79 Å². The molecule has 3 N–H and O–H groups in total. The lowest BCUT2D eigenvalue weighted by atomic mass is 9.77. The summed E-state index contributed by atoms with van der Waals surface area (Å²) >= 11 is 0. The molecule has 102 valence electrons. The third-order valence-electron chi connectivity index (χ3n) is 3.16. The van der Waals surface area contributed by atoms with E-state index in [1.807, 2.05) is 30.3 Å². The van der Waals surface area contributed by atoms with Crippen molar-refractivity contribution in [2.45, 2.75) is 25.2 Å². The smallest absolute Gasteiger partial charge is 0.407 e. The van der Waals surface area contributed by atoms with Gasteiger partial charge in [0.1, 0.15) is 6.61 Å². The van der Waals surface area contributed by atoms with Crippen LogP contribution in [-0.4, -0.2) is 34.4 Å². The third-order valence-corrected chi connectivity index (χ3v) is 3.16. The predicted octanol–water partition coefficient (Wildman–Crippen LogP) is 0.747. The first-order chi connectivity index (χ1) is 9.08. The number of ether oxygens (including phenoxy) is 1. The first-order valence-electron chi connectivity index (χ1n) is 5.96. The highest BCUT2D eigenvalue weighted by molar-refractivity contribution is 5.75. The molecule has 0 aromatic heterocycles. The molecule has 1 aromatic rings. The highest BCUT2D eigenvalue weighted by Crippen LogP contribution is 2.28. The molecule has 1 fully saturated rings. The van der Waals surface area contributed by atoms with E-state index in [9.17, 15) is 14.7 Å². The normalized spacial score (nSPS) is 25.2. The quantitative estimate of drug-likeness (QED) is 0.746. The summed E-state index contributed by atoms with van der Waals surface area (Å²) in [5.41, 5.74) is 0.835. The van der Waals surface area contributed by atoms with E-state index in [0.717, 1.165) is 5.56 Å². The highest BCUT2D eigenvalue weighted by atomic mass is 16.5. The fourth-order valence-corrected chi connectivity index (χ4v) is 1.98. The van der Waals surface area contributed by atoms with Crippen LogP contribution in [0.2, 0.25) is 0 Å². The van der Waals surface area contributed by atoms with Gasteiger partial charge in [0.2, 0.25) is 0 Å². The minimum absolute atomic E-state index is 0.104. The van der Waals surface area contributed by atoms with Crippen molar-refractivity contribution in [1.29, 1.82) is 0 Å². The van der Waals surface area contributed by atoms with Gasteiger partial charge < -0.3 is 20.3 Å². The Balaban J connectivity index is 1.80. The van der Waals surface area contributed by atoms with Crippen molar-refractivity contribution in [1.82, 2.24) is 5.32 Å². The molecule has 0 radical (unpaired) electrons. The first-order valence-corrected chi connectivity index (χ1v) is 5.96. The second kappa shape index (κ2) is 5.71. The lowest BCUT2D eigenvalue weighted by Gasteiger charge is -2.38. The Labute approximate surface area is 110 Å². The van der Waals surface area contributed by atoms with Crippen LogP contribution in [0.5, 0.6) is 0 Å². The Morgan fingerprint density at radius 3 is 2.58 bits per heavy atom. The number of amides is 1. The van der Waals surface area contributed by atoms with Crippen molar-refractivity contribution in [3.8, 4) is 0 Å². The molecule has 1 amide bonds. The van der Waals surface area contributed by atoms with Gasteiger partial charge in [0.25, 0.3) is 0 Å². The SMILES string of the molecule is O=C(NC1C(O)CC1C(=O)O)OCc1ccccc1. The first kappa shape index (κ1) is 13.4. The molecule has 1 aromatic carbocycles. The summed E-state index contributed by atoms with van der Waals surface area (Å²) in [5.74, 6) is -1.78. The molecular weight excluding hydrogens is 250 g/mol. The van der Waals surface area contributed by atoms with Crippen molar-refractivity contribution < 1.29 is 24.5 Å². The number of carboxylic acid groups (broad SMARTS) is 1. The molecule has 0 bridgehead atoms. The third kappa shape index (κ3) is 3.23. The molecule has 0 spiro atoms. The number of aliphatic carboxylic acids is 1. The highest BCUT2D eigenvalue weighted by Gasteiger charge is 2.45. The van der Waals surface area contributed by atoms with Gasteiger partial charge in [-0.05, 0) is 12.0 Å². The van der Waals surface area contributed by atoms with Gasteiger partial charge in [0, 0.05) is 0 Å². The van der Waals surface area contributed by atoms with Crippen LogP contribution in [0.3, 0.4) is 0 Å². The number of alkyl carbamates (subject to hydrolysis) is 1. The van der Waals surface area contributed by atoms with Crippen molar-refractivity contribution >= 4 is 12.1 Å². The second-order valence-corrected chi connectivity index (χ2v) is 4.48. The summed E-state index contributed by atoms with van der Waals surface area (Å²) < 4.78 is 4.96. The summed E-state index contributed by atoms with van der Waals surface area (Å²) in [7, 11) is 0. The Hall–Kier alpha value is -2.08. The van der Waals surface area contributed by atoms with E-state index in [4.69, 9.17) is 9.84 Å². The molecule has 6 nitrogen and oxygen atoms in total. The van der Waals surface area contributed by atoms with E-state index in [1.165, 1.54) is 0 Å². The lowest BCUT2D eigenvalue weighted by Crippen LogP contribution is -2.59. The minimum atomic E-state index is -1.03. The number of carboxylic acids is 1. The average molecular weight is 265 g/mol. The summed E-state index contributed by atoms with van der Waals surface area (Å²) in [6, 6.07) is 8.35. The van der Waals surface area contributed by atoms with Crippen LogP contribution in [-0.2, 0) is 16.1 Å². The van der Waals surface area contributed by atoms with E-state index < -0.39 is 30.1 Å². The van der Waals surface area contributed by atoms with Crippen LogP contribution in [0, 0.1) is 5.92 Å². The van der Waals surface area contributed by atoms with Crippen molar-refractivity contribution in [2.75, 3.05) is 0 Å². The number of nitrogens with one attached hydrogen (secondary N) is 1. The maximum Gasteiger partial charge on any atom is 0.407 e. The molecule has 0 aliphatic heterocycles. The summed E-state index contributed by atoms with van der Waals surface area (Å²) in [6.45, 7) is 0.104. The Bertz CT molecular complexity index is 461. The zero-order valence-corrected chi connectivity index (χ0v) is 10.2. The number of aliphatic hydroxyl groups excluding tert-OH is 1. The van der Waals surface area contributed by atoms with Gasteiger partial charge in [-0.15, -0.1) is 0 Å². The number of carbonyl (C=O) groups excluding carboxylic acids is 1. The fraction of sp³-hybridized carbons (Fsp3) is 0.385. The lowest BCUT2D eigenvalue weighted by molar-refractivity contribution is -0.151. The van der Waals surface area contributed by atoms with Gasteiger partial charge in [-0.25, -0.2) is 4.79 Å². The maximum atomic E-state index is 11.5. The molecule has 0 heterocycles. The number of rotatable bonds is 4. The Kier molecular flexibility index (Phi) is 4.01. The standard InChI is InChI=1S/C13H15NO5/c15-10-6-9(12(16)17)11(10)14-13(18)19-7-8-4-2-1-3-5-8/h1-5,9-11,15H,6-7H2,(H,14,18)(H,16,17). The van der Waals surface area contributed by atoms with Crippen LogP contribution in [0.25, 0.3) is 0 Å². The summed E-state index contributed by atoms with van der Waals surface area (Å²) in [5, 5.41) is 20.6. The molecule has 1 aliphatic rings. The second-order valence-electron chi connectivity index (χ2n) is 4.48. The summed E-state index contributed by atoms with van der Waals surface area (Å²) in [4.78, 5) is 22.3. The van der Waals surface area contributed by atoms with E-state index >= 15 is 0 Å². The number of hydrogen-bond donors (Lipinski definition) is 3. The molecule has 3 unspecified atom stereocenters. The van der Waals surface area contributed by atoms with E-state index in [0.29, 0.717) is 0 Å². The van der Waals surface area contributed by atoms with Crippen LogP contribution in [0.1, 0.15) is 12.0 Å². The van der Waals surface area contributed by atoms with E-state index in [2.05, 4.69) is 5.32 Å². The summed E-state index contributed by atoms with van der Waals surface area (Å²) in [6.07, 6.45) is -1.40. The van der Waals surface area contributed by atoms with Gasteiger partial charge in [-0.1, -0.05) is 30.3 Å². The fourth-order valence-electron chi connectivity index (χ4n) is 1.98. The van der Waals surface area contributed by atoms with Crippen LogP contribution < -0.4 is 5.32 Å². The van der Waals surface area contributed by atoms with Crippen LogP contribution in [0.15, 0.2) is 30.3 Å². The van der Waals surface area contributed by atoms with E-state index in [-0.39, 0.29) is 13.0 Å². The average Bonchev–Trinajstić information content (AvgIpc) is 2.40. The molecule has 19 heavy (non-hydrogen) atoms. The minimum Gasteiger partial charge on any atom is -0.481 e. The molecular formula is C13H15NO5.